The molecule has 67 heavy (non-hydrogen) atoms. The number of hydrogen-bond acceptors (Lipinski definition) is 11. The fourth-order valence-corrected chi connectivity index (χ4v) is 11.0. The minimum Gasteiger partial charge on any atom is -0.497 e. The molecule has 0 radical (unpaired) electrons. The fourth-order valence-electron chi connectivity index (χ4n) is 10.5. The number of ether oxygens (including phenoxy) is 1. The molecule has 4 saturated heterocycles. The van der Waals surface area contributed by atoms with E-state index in [1.54, 1.807) is 7.11 Å². The highest BCUT2D eigenvalue weighted by molar-refractivity contribution is 6.31. The van der Waals surface area contributed by atoms with Gasteiger partial charge in [0.1, 0.15) is 28.4 Å². The van der Waals surface area contributed by atoms with Gasteiger partial charge in [-0.3, -0.25) is 20.2 Å². The molecule has 8 heterocycles. The van der Waals surface area contributed by atoms with Gasteiger partial charge in [-0.2, -0.15) is 0 Å². The molecule has 0 spiro atoms. The molecular formula is C52H62Cl2N12O. The number of pyridine rings is 2. The van der Waals surface area contributed by atoms with Gasteiger partial charge in [0.05, 0.1) is 75.1 Å². The Morgan fingerprint density at radius 2 is 1.12 bits per heavy atom. The molecule has 3 N–H and O–H groups in total. The molecule has 0 amide bonds. The van der Waals surface area contributed by atoms with Crippen molar-refractivity contribution in [3.8, 4) is 5.75 Å². The Hall–Kier alpha value is -5.28. The first kappa shape index (κ1) is 45.5. The van der Waals surface area contributed by atoms with Crippen molar-refractivity contribution in [1.29, 1.82) is 0 Å². The summed E-state index contributed by atoms with van der Waals surface area (Å²) >= 11 is 13.1. The normalized spacial score (nSPS) is 22.2. The number of methoxy groups -OCH3 is 1. The van der Waals surface area contributed by atoms with Crippen molar-refractivity contribution in [2.75, 3.05) is 83.4 Å². The van der Waals surface area contributed by atoms with Crippen LogP contribution < -0.4 is 19.9 Å². The van der Waals surface area contributed by atoms with Gasteiger partial charge in [0.15, 0.2) is 0 Å². The van der Waals surface area contributed by atoms with Crippen LogP contribution in [0.15, 0.2) is 97.3 Å². The highest BCUT2D eigenvalue weighted by Crippen LogP contribution is 2.44. The first-order chi connectivity index (χ1) is 32.8. The molecule has 11 rings (SSSR count). The number of likely N-dealkylation sites (tertiary alicyclic amines) is 1. The number of para-hydroxylation sites is 2. The number of aromatic amines is 2. The lowest BCUT2D eigenvalue weighted by molar-refractivity contribution is 0.0667. The number of hydrogen-bond donors (Lipinski definition) is 3. The maximum Gasteiger partial charge on any atom is 0.124 e. The highest BCUT2D eigenvalue weighted by atomic mass is 35.5. The van der Waals surface area contributed by atoms with Crippen LogP contribution in [0.25, 0.3) is 22.1 Å². The Morgan fingerprint density at radius 3 is 1.72 bits per heavy atom. The summed E-state index contributed by atoms with van der Waals surface area (Å²) in [5, 5.41) is 5.18. The second kappa shape index (κ2) is 20.5. The maximum atomic E-state index is 6.70. The zero-order chi connectivity index (χ0) is 45.9. The molecule has 4 atom stereocenters. The van der Waals surface area contributed by atoms with Crippen LogP contribution in [0.5, 0.6) is 5.75 Å². The van der Waals surface area contributed by atoms with Gasteiger partial charge in [-0.05, 0) is 119 Å². The van der Waals surface area contributed by atoms with Crippen LogP contribution >= 0.6 is 23.2 Å². The van der Waals surface area contributed by atoms with Crippen LogP contribution in [0, 0.1) is 0 Å². The summed E-state index contributed by atoms with van der Waals surface area (Å²) in [4.78, 5) is 39.1. The molecule has 13 nitrogen and oxygen atoms in total. The minimum absolute atomic E-state index is 0.106. The molecule has 4 fully saturated rings. The van der Waals surface area contributed by atoms with Crippen molar-refractivity contribution in [2.45, 2.75) is 69.2 Å². The van der Waals surface area contributed by atoms with Gasteiger partial charge < -0.3 is 34.3 Å². The monoisotopic (exact) mass is 940 g/mol. The van der Waals surface area contributed by atoms with Gasteiger partial charge in [-0.15, -0.1) is 0 Å². The summed E-state index contributed by atoms with van der Waals surface area (Å²) in [5.41, 5.74) is 9.91. The number of piperazine rings is 2. The van der Waals surface area contributed by atoms with E-state index in [1.807, 2.05) is 48.8 Å². The molecule has 7 aromatic rings. The predicted octanol–water partition coefficient (Wildman–Crippen LogP) is 9.76. The van der Waals surface area contributed by atoms with Crippen molar-refractivity contribution >= 4 is 56.6 Å². The Labute approximate surface area is 403 Å². The topological polar surface area (TPSA) is 121 Å². The number of fused-ring (bicyclic) bond motifs is 2. The average molecular weight is 942 g/mol. The SMILES string of the molecule is CN1CCN(c2cccc3[nH]c([C@H]4CCC[C@@H](c5ncccc5Cl)N4)nc23)CC1.COc1ccc(CN2[C@@H](c3nc4c(N5CCN(C)CC5)cccc4[nH]3)CCC[C@H]2c2ncccc2Cl)cc1. The van der Waals surface area contributed by atoms with Crippen molar-refractivity contribution in [3.05, 3.63) is 136 Å². The lowest BCUT2D eigenvalue weighted by Crippen LogP contribution is -2.44. The molecule has 4 aromatic heterocycles. The van der Waals surface area contributed by atoms with Crippen LogP contribution in [-0.2, 0) is 6.54 Å². The molecule has 0 bridgehead atoms. The van der Waals surface area contributed by atoms with Gasteiger partial charge in [0, 0.05) is 71.3 Å². The summed E-state index contributed by atoms with van der Waals surface area (Å²) in [5.74, 6) is 2.90. The summed E-state index contributed by atoms with van der Waals surface area (Å²) in [7, 11) is 6.08. The van der Waals surface area contributed by atoms with Crippen LogP contribution in [0.3, 0.4) is 0 Å². The lowest BCUT2D eigenvalue weighted by Gasteiger charge is -2.41. The molecule has 0 saturated carbocycles. The fraction of sp³-hybridized carbons (Fsp3) is 0.423. The Morgan fingerprint density at radius 1 is 0.582 bits per heavy atom. The first-order valence-corrected chi connectivity index (χ1v) is 24.7. The third-order valence-electron chi connectivity index (χ3n) is 14.2. The summed E-state index contributed by atoms with van der Waals surface area (Å²) < 4.78 is 5.39. The zero-order valence-electron chi connectivity index (χ0n) is 38.8. The Balaban J connectivity index is 0.000000162. The van der Waals surface area contributed by atoms with Crippen molar-refractivity contribution < 1.29 is 4.74 Å². The number of H-pyrrole nitrogens is 2. The predicted molar refractivity (Wildman–Crippen MR) is 270 cm³/mol. The number of aromatic nitrogens is 6. The Kier molecular flexibility index (Phi) is 13.9. The maximum absolute atomic E-state index is 6.70. The second-order valence-corrected chi connectivity index (χ2v) is 19.4. The number of anilines is 2. The molecule has 15 heteroatoms. The molecule has 4 aliphatic heterocycles. The van der Waals surface area contributed by atoms with E-state index in [4.69, 9.17) is 42.9 Å². The van der Waals surface area contributed by atoms with E-state index in [-0.39, 0.29) is 24.2 Å². The standard InChI is InChI=1S/C30H35ClN6O.C22H27ClN6/c1-35-16-18-36(19-17-35)25-8-3-7-24-29(25)34-30(33-24)27-10-4-9-26(28-23(31)6-5-15-32-28)37(27)20-21-11-13-22(38-2)14-12-21;1-28-11-13-29(14-12-28)19-9-3-7-17-21(19)27-22(26-17)18-8-2-6-16(25-18)20-15(23)5-4-10-24-20/h3,5-8,11-15,26-27H,4,9-10,16-20H2,1-2H3,(H,33,34);3-5,7,9-10,16,18,25H,2,6,8,11-14H2,1H3,(H,26,27)/t26-,27+;16-,18+/m00/s1. The Bertz CT molecular complexity index is 2750. The number of benzene rings is 3. The minimum atomic E-state index is 0.106. The van der Waals surface area contributed by atoms with Crippen molar-refractivity contribution in [1.82, 2.24) is 49.9 Å². The zero-order valence-corrected chi connectivity index (χ0v) is 40.4. The van der Waals surface area contributed by atoms with Gasteiger partial charge in [0.25, 0.3) is 0 Å². The highest BCUT2D eigenvalue weighted by Gasteiger charge is 2.36. The molecule has 0 aliphatic carbocycles. The van der Waals surface area contributed by atoms with Gasteiger partial charge >= 0.3 is 0 Å². The average Bonchev–Trinajstić information content (AvgIpc) is 4.01. The third-order valence-corrected chi connectivity index (χ3v) is 14.9. The first-order valence-electron chi connectivity index (χ1n) is 24.0. The van der Waals surface area contributed by atoms with Crippen LogP contribution in [0.4, 0.5) is 11.4 Å². The van der Waals surface area contributed by atoms with Crippen LogP contribution in [0.2, 0.25) is 10.0 Å². The smallest absolute Gasteiger partial charge is 0.124 e. The summed E-state index contributed by atoms with van der Waals surface area (Å²) in [6.45, 7) is 9.20. The summed E-state index contributed by atoms with van der Waals surface area (Å²) in [6.07, 6.45) is 10.0. The quantitative estimate of drug-likeness (QED) is 0.128. The van der Waals surface area contributed by atoms with E-state index < -0.39 is 0 Å². The number of imidazole rings is 2. The van der Waals surface area contributed by atoms with Gasteiger partial charge in [-0.1, -0.05) is 47.5 Å². The third kappa shape index (κ3) is 10.00. The van der Waals surface area contributed by atoms with Crippen molar-refractivity contribution in [2.24, 2.45) is 0 Å². The van der Waals surface area contributed by atoms with E-state index in [0.717, 1.165) is 158 Å². The molecule has 3 aromatic carbocycles. The molecular weight excluding hydrogens is 880 g/mol. The number of rotatable bonds is 9. The van der Waals surface area contributed by atoms with E-state index in [9.17, 15) is 0 Å². The van der Waals surface area contributed by atoms with Gasteiger partial charge in [-0.25, -0.2) is 9.97 Å². The number of likely N-dealkylation sites (N-methyl/N-ethyl adjacent to an activating group) is 2. The van der Waals surface area contributed by atoms with Crippen molar-refractivity contribution in [3.63, 3.8) is 0 Å². The van der Waals surface area contributed by atoms with E-state index in [2.05, 4.69) is 107 Å². The number of nitrogens with zero attached hydrogens (tertiary/aromatic N) is 9. The van der Waals surface area contributed by atoms with Crippen LogP contribution in [-0.4, -0.2) is 118 Å². The van der Waals surface area contributed by atoms with E-state index in [0.29, 0.717) is 0 Å². The van der Waals surface area contributed by atoms with E-state index in [1.165, 1.54) is 16.9 Å². The number of halogens is 2. The second-order valence-electron chi connectivity index (χ2n) is 18.6. The van der Waals surface area contributed by atoms with Gasteiger partial charge in [0.2, 0.25) is 0 Å². The lowest BCUT2D eigenvalue weighted by atomic mass is 9.92. The van der Waals surface area contributed by atoms with E-state index >= 15 is 0 Å². The molecule has 350 valence electrons. The van der Waals surface area contributed by atoms with Crippen LogP contribution in [0.1, 0.15) is 91.3 Å². The number of piperidine rings is 2. The largest absolute Gasteiger partial charge is 0.497 e. The summed E-state index contributed by atoms with van der Waals surface area (Å²) in [6, 6.07) is 29.5. The molecule has 0 unspecified atom stereocenters. The molecule has 4 aliphatic rings. The number of nitrogens with one attached hydrogen (secondary N) is 3.